The molecule has 2 N–H and O–H groups in total. The monoisotopic (exact) mass is 210 g/mol. The van der Waals surface area contributed by atoms with Crippen LogP contribution in [0.3, 0.4) is 0 Å². The second-order valence-electron chi connectivity index (χ2n) is 5.57. The number of rotatable bonds is 4. The molecule has 0 aromatic carbocycles. The summed E-state index contributed by atoms with van der Waals surface area (Å²) < 4.78 is 0. The third kappa shape index (κ3) is 2.73. The zero-order valence-electron chi connectivity index (χ0n) is 10.3. The SMILES string of the molecule is CCC(C1CC1)N1CCCC(C(C)N)C1. The van der Waals surface area contributed by atoms with Crippen LogP contribution < -0.4 is 5.73 Å². The summed E-state index contributed by atoms with van der Waals surface area (Å²) in [5.41, 5.74) is 6.04. The van der Waals surface area contributed by atoms with Gasteiger partial charge in [0.1, 0.15) is 0 Å². The maximum Gasteiger partial charge on any atom is 0.0121 e. The Morgan fingerprint density at radius 3 is 2.53 bits per heavy atom. The smallest absolute Gasteiger partial charge is 0.0121 e. The molecule has 2 fully saturated rings. The lowest BCUT2D eigenvalue weighted by Gasteiger charge is -2.39. The zero-order chi connectivity index (χ0) is 10.8. The van der Waals surface area contributed by atoms with E-state index in [1.54, 1.807) is 0 Å². The van der Waals surface area contributed by atoms with Crippen molar-refractivity contribution in [1.29, 1.82) is 0 Å². The molecule has 2 rings (SSSR count). The van der Waals surface area contributed by atoms with E-state index in [0.29, 0.717) is 6.04 Å². The number of hydrogen-bond acceptors (Lipinski definition) is 2. The van der Waals surface area contributed by atoms with Crippen LogP contribution in [0.5, 0.6) is 0 Å². The second-order valence-corrected chi connectivity index (χ2v) is 5.57. The normalized spacial score (nSPS) is 32.6. The van der Waals surface area contributed by atoms with Gasteiger partial charge in [-0.1, -0.05) is 6.92 Å². The Balaban J connectivity index is 1.90. The third-order valence-corrected chi connectivity index (χ3v) is 4.29. The molecule has 1 saturated heterocycles. The molecule has 0 aromatic heterocycles. The average molecular weight is 210 g/mol. The number of piperidine rings is 1. The van der Waals surface area contributed by atoms with Gasteiger partial charge in [-0.15, -0.1) is 0 Å². The molecule has 15 heavy (non-hydrogen) atoms. The van der Waals surface area contributed by atoms with Crippen molar-refractivity contribution in [3.63, 3.8) is 0 Å². The van der Waals surface area contributed by atoms with Gasteiger partial charge in [-0.25, -0.2) is 0 Å². The Morgan fingerprint density at radius 1 is 1.27 bits per heavy atom. The van der Waals surface area contributed by atoms with Crippen molar-refractivity contribution in [3.05, 3.63) is 0 Å². The highest BCUT2D eigenvalue weighted by molar-refractivity contribution is 4.90. The van der Waals surface area contributed by atoms with Crippen LogP contribution in [-0.4, -0.2) is 30.1 Å². The first-order valence-corrected chi connectivity index (χ1v) is 6.72. The molecule has 3 atom stereocenters. The van der Waals surface area contributed by atoms with Crippen molar-refractivity contribution in [3.8, 4) is 0 Å². The van der Waals surface area contributed by atoms with Crippen molar-refractivity contribution < 1.29 is 0 Å². The lowest BCUT2D eigenvalue weighted by molar-refractivity contribution is 0.0988. The van der Waals surface area contributed by atoms with E-state index in [9.17, 15) is 0 Å². The van der Waals surface area contributed by atoms with E-state index in [2.05, 4.69) is 18.7 Å². The quantitative estimate of drug-likeness (QED) is 0.771. The fourth-order valence-corrected chi connectivity index (χ4v) is 3.14. The van der Waals surface area contributed by atoms with Crippen LogP contribution in [0.25, 0.3) is 0 Å². The molecular formula is C13H26N2. The second kappa shape index (κ2) is 4.84. The first kappa shape index (κ1) is 11.4. The first-order chi connectivity index (χ1) is 7.22. The highest BCUT2D eigenvalue weighted by atomic mass is 15.2. The molecule has 0 radical (unpaired) electrons. The first-order valence-electron chi connectivity index (χ1n) is 6.72. The molecule has 1 aliphatic heterocycles. The van der Waals surface area contributed by atoms with Crippen LogP contribution >= 0.6 is 0 Å². The van der Waals surface area contributed by atoms with Gasteiger partial charge in [-0.05, 0) is 57.4 Å². The minimum absolute atomic E-state index is 0.379. The van der Waals surface area contributed by atoms with Crippen molar-refractivity contribution in [2.45, 2.75) is 58.0 Å². The Morgan fingerprint density at radius 2 is 2.00 bits per heavy atom. The predicted molar refractivity (Wildman–Crippen MR) is 64.7 cm³/mol. The number of nitrogens with zero attached hydrogens (tertiary/aromatic N) is 1. The Bertz CT molecular complexity index is 199. The molecular weight excluding hydrogens is 184 g/mol. The maximum absolute atomic E-state index is 6.04. The molecule has 0 aromatic rings. The van der Waals surface area contributed by atoms with Crippen molar-refractivity contribution in [1.82, 2.24) is 4.90 Å². The summed E-state index contributed by atoms with van der Waals surface area (Å²) in [7, 11) is 0. The highest BCUT2D eigenvalue weighted by Crippen LogP contribution is 2.38. The summed E-state index contributed by atoms with van der Waals surface area (Å²) in [5.74, 6) is 1.76. The summed E-state index contributed by atoms with van der Waals surface area (Å²) >= 11 is 0. The lowest BCUT2D eigenvalue weighted by Crippen LogP contribution is -2.47. The minimum Gasteiger partial charge on any atom is -0.328 e. The van der Waals surface area contributed by atoms with Gasteiger partial charge in [0.2, 0.25) is 0 Å². The summed E-state index contributed by atoms with van der Waals surface area (Å²) in [6.07, 6.45) is 6.97. The van der Waals surface area contributed by atoms with Gasteiger partial charge in [-0.3, -0.25) is 4.90 Å². The van der Waals surface area contributed by atoms with Gasteiger partial charge in [0.25, 0.3) is 0 Å². The Hall–Kier alpha value is -0.0800. The Labute approximate surface area is 94.2 Å². The molecule has 1 saturated carbocycles. The van der Waals surface area contributed by atoms with Gasteiger partial charge < -0.3 is 5.73 Å². The van der Waals surface area contributed by atoms with Crippen molar-refractivity contribution in [2.75, 3.05) is 13.1 Å². The molecule has 0 spiro atoms. The molecule has 1 aliphatic carbocycles. The fourth-order valence-electron chi connectivity index (χ4n) is 3.14. The average Bonchev–Trinajstić information content (AvgIpc) is 3.04. The maximum atomic E-state index is 6.04. The molecule has 1 heterocycles. The van der Waals surface area contributed by atoms with E-state index < -0.39 is 0 Å². The van der Waals surface area contributed by atoms with Crippen molar-refractivity contribution in [2.24, 2.45) is 17.6 Å². The van der Waals surface area contributed by atoms with Gasteiger partial charge in [0, 0.05) is 18.6 Å². The third-order valence-electron chi connectivity index (χ3n) is 4.29. The molecule has 3 unspecified atom stereocenters. The number of likely N-dealkylation sites (tertiary alicyclic amines) is 1. The van der Waals surface area contributed by atoms with Crippen LogP contribution in [0.4, 0.5) is 0 Å². The lowest BCUT2D eigenvalue weighted by atomic mass is 9.90. The summed E-state index contributed by atoms with van der Waals surface area (Å²) in [6.45, 7) is 7.09. The standard InChI is InChI=1S/C13H26N2/c1-3-13(11-6-7-11)15-8-4-5-12(9-15)10(2)14/h10-13H,3-9,14H2,1-2H3. The van der Waals surface area contributed by atoms with Crippen LogP contribution in [0, 0.1) is 11.8 Å². The van der Waals surface area contributed by atoms with Crippen LogP contribution in [0.15, 0.2) is 0 Å². The molecule has 88 valence electrons. The van der Waals surface area contributed by atoms with E-state index in [1.807, 2.05) is 0 Å². The van der Waals surface area contributed by atoms with Crippen LogP contribution in [0.2, 0.25) is 0 Å². The van der Waals surface area contributed by atoms with Gasteiger partial charge in [0.05, 0.1) is 0 Å². The predicted octanol–water partition coefficient (Wildman–Crippen LogP) is 2.23. The van der Waals surface area contributed by atoms with Crippen LogP contribution in [-0.2, 0) is 0 Å². The van der Waals surface area contributed by atoms with Gasteiger partial charge in [-0.2, -0.15) is 0 Å². The van der Waals surface area contributed by atoms with E-state index in [1.165, 1.54) is 45.2 Å². The van der Waals surface area contributed by atoms with Crippen LogP contribution in [0.1, 0.15) is 46.0 Å². The van der Waals surface area contributed by atoms with E-state index in [0.717, 1.165) is 17.9 Å². The molecule has 2 nitrogen and oxygen atoms in total. The van der Waals surface area contributed by atoms with Gasteiger partial charge in [0.15, 0.2) is 0 Å². The molecule has 0 bridgehead atoms. The van der Waals surface area contributed by atoms with Crippen molar-refractivity contribution >= 4 is 0 Å². The topological polar surface area (TPSA) is 29.3 Å². The zero-order valence-corrected chi connectivity index (χ0v) is 10.3. The molecule has 2 aliphatic rings. The number of nitrogens with two attached hydrogens (primary N) is 1. The summed E-state index contributed by atoms with van der Waals surface area (Å²) in [6, 6.07) is 1.25. The largest absolute Gasteiger partial charge is 0.328 e. The van der Waals surface area contributed by atoms with E-state index in [-0.39, 0.29) is 0 Å². The highest BCUT2D eigenvalue weighted by Gasteiger charge is 2.36. The molecule has 0 amide bonds. The van der Waals surface area contributed by atoms with E-state index >= 15 is 0 Å². The summed E-state index contributed by atoms with van der Waals surface area (Å²) in [5, 5.41) is 0. The fraction of sp³-hybridized carbons (Fsp3) is 1.00. The molecule has 2 heteroatoms. The van der Waals surface area contributed by atoms with Gasteiger partial charge >= 0.3 is 0 Å². The Kier molecular flexibility index (Phi) is 3.68. The number of hydrogen-bond donors (Lipinski definition) is 1. The minimum atomic E-state index is 0.379. The van der Waals surface area contributed by atoms with E-state index in [4.69, 9.17) is 5.73 Å². The summed E-state index contributed by atoms with van der Waals surface area (Å²) in [4.78, 5) is 2.73.